The molecule has 0 saturated heterocycles. The molecule has 7 nitrogen and oxygen atoms in total. The fourth-order valence-electron chi connectivity index (χ4n) is 2.50. The number of aromatic nitrogens is 1. The van der Waals surface area contributed by atoms with E-state index in [1.54, 1.807) is 12.1 Å². The second-order valence-corrected chi connectivity index (χ2v) is 8.46. The van der Waals surface area contributed by atoms with Gasteiger partial charge in [-0.1, -0.05) is 12.1 Å². The second-order valence-electron chi connectivity index (χ2n) is 5.98. The quantitative estimate of drug-likeness (QED) is 0.529. The Kier molecular flexibility index (Phi) is 6.85. The number of nitrogens with zero attached hydrogens (tertiary/aromatic N) is 3. The first-order chi connectivity index (χ1) is 12.2. The fourth-order valence-corrected chi connectivity index (χ4v) is 3.65. The number of primary sulfonamides is 1. The van der Waals surface area contributed by atoms with E-state index in [-0.39, 0.29) is 4.90 Å². The summed E-state index contributed by atoms with van der Waals surface area (Å²) < 4.78 is 26.1. The largest absolute Gasteiger partial charge is 0.357 e. The highest BCUT2D eigenvalue weighted by Gasteiger charge is 2.11. The highest BCUT2D eigenvalue weighted by molar-refractivity contribution is 9.10. The van der Waals surface area contributed by atoms with Gasteiger partial charge in [-0.05, 0) is 46.6 Å². The van der Waals surface area contributed by atoms with E-state index in [9.17, 15) is 8.42 Å². The first kappa shape index (κ1) is 20.5. The number of nitrogens with two attached hydrogens (primary N) is 1. The molecule has 1 aromatic heterocycles. The van der Waals surface area contributed by atoms with E-state index in [0.717, 1.165) is 28.2 Å². The summed E-state index contributed by atoms with van der Waals surface area (Å²) >= 11 is 3.48. The third-order valence-corrected chi connectivity index (χ3v) is 5.15. The van der Waals surface area contributed by atoms with Crippen LogP contribution in [0.4, 0.5) is 0 Å². The average Bonchev–Trinajstić information content (AvgIpc) is 2.88. The molecular formula is C17H24BrN5O2S. The highest BCUT2D eigenvalue weighted by Crippen LogP contribution is 2.15. The molecule has 0 bridgehead atoms. The Morgan fingerprint density at radius 2 is 2.12 bits per heavy atom. The number of hydrogen-bond acceptors (Lipinski definition) is 3. The average molecular weight is 442 g/mol. The van der Waals surface area contributed by atoms with Gasteiger partial charge in [-0.2, -0.15) is 0 Å². The van der Waals surface area contributed by atoms with E-state index in [1.165, 1.54) is 6.07 Å². The molecule has 1 aromatic carbocycles. The van der Waals surface area contributed by atoms with Gasteiger partial charge < -0.3 is 14.8 Å². The van der Waals surface area contributed by atoms with Gasteiger partial charge >= 0.3 is 0 Å². The predicted molar refractivity (Wildman–Crippen MR) is 107 cm³/mol. The molecule has 26 heavy (non-hydrogen) atoms. The number of sulfonamides is 1. The van der Waals surface area contributed by atoms with Crippen LogP contribution in [0.3, 0.4) is 0 Å². The van der Waals surface area contributed by atoms with Gasteiger partial charge in [-0.3, -0.25) is 0 Å². The maximum atomic E-state index is 11.5. The van der Waals surface area contributed by atoms with Gasteiger partial charge in [0.25, 0.3) is 0 Å². The lowest BCUT2D eigenvalue weighted by Gasteiger charge is -2.22. The van der Waals surface area contributed by atoms with Crippen molar-refractivity contribution in [2.24, 2.45) is 17.2 Å². The lowest BCUT2D eigenvalue weighted by molar-refractivity contribution is 0.462. The summed E-state index contributed by atoms with van der Waals surface area (Å²) in [5, 5.41) is 8.45. The van der Waals surface area contributed by atoms with Crippen LogP contribution in [0, 0.1) is 0 Å². The lowest BCUT2D eigenvalue weighted by atomic mass is 10.2. The minimum absolute atomic E-state index is 0.0946. The maximum absolute atomic E-state index is 11.5. The summed E-state index contributed by atoms with van der Waals surface area (Å²) in [6.45, 7) is 3.78. The molecule has 0 amide bonds. The number of nitrogens with one attached hydrogen (secondary N) is 1. The monoisotopic (exact) mass is 441 g/mol. The standard InChI is InChI=1S/C17H24BrN5O2S/c1-4-20-17(23(3)12-15-9-14(18)11-22(15)2)21-10-13-6-5-7-16(8-13)26(19,24)25/h5-9,11H,4,10,12H2,1-3H3,(H,20,21)(H2,19,24,25). The van der Waals surface area contributed by atoms with Crippen LogP contribution < -0.4 is 10.5 Å². The zero-order valence-corrected chi connectivity index (χ0v) is 17.5. The Bertz CT molecular complexity index is 892. The van der Waals surface area contributed by atoms with E-state index >= 15 is 0 Å². The van der Waals surface area contributed by atoms with Gasteiger partial charge in [0.15, 0.2) is 5.96 Å². The molecule has 0 unspecified atom stereocenters. The van der Waals surface area contributed by atoms with E-state index in [1.807, 2.05) is 38.2 Å². The van der Waals surface area contributed by atoms with Crippen LogP contribution in [-0.4, -0.2) is 37.4 Å². The van der Waals surface area contributed by atoms with Crippen molar-refractivity contribution in [2.45, 2.75) is 24.9 Å². The van der Waals surface area contributed by atoms with Crippen molar-refractivity contribution in [3.8, 4) is 0 Å². The molecule has 9 heteroatoms. The molecule has 2 rings (SSSR count). The maximum Gasteiger partial charge on any atom is 0.238 e. The second kappa shape index (κ2) is 8.70. The van der Waals surface area contributed by atoms with E-state index in [4.69, 9.17) is 5.14 Å². The van der Waals surface area contributed by atoms with Crippen LogP contribution in [0.15, 0.2) is 50.9 Å². The first-order valence-corrected chi connectivity index (χ1v) is 10.5. The normalized spacial score (nSPS) is 12.3. The van der Waals surface area contributed by atoms with Crippen molar-refractivity contribution in [3.63, 3.8) is 0 Å². The van der Waals surface area contributed by atoms with Crippen molar-refractivity contribution in [1.82, 2.24) is 14.8 Å². The third kappa shape index (κ3) is 5.58. The molecule has 0 aliphatic rings. The lowest BCUT2D eigenvalue weighted by Crippen LogP contribution is -2.38. The van der Waals surface area contributed by atoms with E-state index in [0.29, 0.717) is 13.1 Å². The minimum atomic E-state index is -3.72. The molecule has 0 radical (unpaired) electrons. The predicted octanol–water partition coefficient (Wildman–Crippen LogP) is 2.03. The van der Waals surface area contributed by atoms with Gasteiger partial charge in [0, 0.05) is 37.0 Å². The van der Waals surface area contributed by atoms with Crippen LogP contribution in [0.1, 0.15) is 18.2 Å². The smallest absolute Gasteiger partial charge is 0.238 e. The Hall–Kier alpha value is -1.84. The summed E-state index contributed by atoms with van der Waals surface area (Å²) in [5.74, 6) is 0.742. The summed E-state index contributed by atoms with van der Waals surface area (Å²) in [6.07, 6.45) is 2.01. The summed E-state index contributed by atoms with van der Waals surface area (Å²) in [7, 11) is 0.243. The van der Waals surface area contributed by atoms with Gasteiger partial charge in [0.2, 0.25) is 10.0 Å². The van der Waals surface area contributed by atoms with Gasteiger partial charge in [0.1, 0.15) is 0 Å². The van der Waals surface area contributed by atoms with Crippen LogP contribution >= 0.6 is 15.9 Å². The van der Waals surface area contributed by atoms with Crippen LogP contribution in [0.5, 0.6) is 0 Å². The summed E-state index contributed by atoms with van der Waals surface area (Å²) in [6, 6.07) is 8.60. The van der Waals surface area contributed by atoms with Crippen LogP contribution in [-0.2, 0) is 30.2 Å². The Morgan fingerprint density at radius 3 is 2.69 bits per heavy atom. The SMILES string of the molecule is CCNC(=NCc1cccc(S(N)(=O)=O)c1)N(C)Cc1cc(Br)cn1C. The first-order valence-electron chi connectivity index (χ1n) is 8.12. The minimum Gasteiger partial charge on any atom is -0.357 e. The molecule has 0 saturated carbocycles. The molecule has 1 heterocycles. The van der Waals surface area contributed by atoms with Crippen molar-refractivity contribution in [3.05, 3.63) is 52.3 Å². The molecule has 0 aliphatic heterocycles. The number of halogens is 1. The number of hydrogen-bond donors (Lipinski definition) is 2. The molecule has 0 fully saturated rings. The summed E-state index contributed by atoms with van der Waals surface area (Å²) in [4.78, 5) is 6.73. The van der Waals surface area contributed by atoms with Crippen molar-refractivity contribution >= 4 is 31.9 Å². The zero-order chi connectivity index (χ0) is 19.3. The van der Waals surface area contributed by atoms with Crippen LogP contribution in [0.2, 0.25) is 0 Å². The van der Waals surface area contributed by atoms with Crippen molar-refractivity contribution < 1.29 is 8.42 Å². The van der Waals surface area contributed by atoms with Gasteiger partial charge in [-0.15, -0.1) is 0 Å². The number of guanidine groups is 1. The molecule has 3 N–H and O–H groups in total. The number of aliphatic imine (C=N–C) groups is 1. The summed E-state index contributed by atoms with van der Waals surface area (Å²) in [5.41, 5.74) is 1.92. The fraction of sp³-hybridized carbons (Fsp3) is 0.353. The molecular weight excluding hydrogens is 418 g/mol. The molecule has 0 atom stereocenters. The molecule has 2 aromatic rings. The Labute approximate surface area is 163 Å². The van der Waals surface area contributed by atoms with Crippen molar-refractivity contribution in [1.29, 1.82) is 0 Å². The topological polar surface area (TPSA) is 92.7 Å². The van der Waals surface area contributed by atoms with Gasteiger partial charge in [0.05, 0.1) is 18.0 Å². The number of benzene rings is 1. The van der Waals surface area contributed by atoms with Crippen molar-refractivity contribution in [2.75, 3.05) is 13.6 Å². The van der Waals surface area contributed by atoms with Crippen LogP contribution in [0.25, 0.3) is 0 Å². The number of rotatable bonds is 6. The zero-order valence-electron chi connectivity index (χ0n) is 15.1. The number of aryl methyl sites for hydroxylation is 1. The molecule has 142 valence electrons. The third-order valence-electron chi connectivity index (χ3n) is 3.81. The highest BCUT2D eigenvalue weighted by atomic mass is 79.9. The van der Waals surface area contributed by atoms with E-state index < -0.39 is 10.0 Å². The molecule has 0 spiro atoms. The molecule has 0 aliphatic carbocycles. The van der Waals surface area contributed by atoms with Gasteiger partial charge in [-0.25, -0.2) is 18.5 Å². The Morgan fingerprint density at radius 1 is 1.38 bits per heavy atom. The Balaban J connectivity index is 2.17. The van der Waals surface area contributed by atoms with E-state index in [2.05, 4.69) is 36.9 Å².